The van der Waals surface area contributed by atoms with Crippen molar-refractivity contribution in [1.82, 2.24) is 0 Å². The molecule has 0 atom stereocenters. The lowest BCUT2D eigenvalue weighted by atomic mass is 10.2. The van der Waals surface area contributed by atoms with E-state index >= 15 is 0 Å². The molecule has 0 saturated heterocycles. The van der Waals surface area contributed by atoms with Crippen LogP contribution in [0, 0.1) is 10.2 Å². The summed E-state index contributed by atoms with van der Waals surface area (Å²) in [5.74, 6) is 0.909. The van der Waals surface area contributed by atoms with Crippen molar-refractivity contribution in [2.45, 2.75) is 18.5 Å². The van der Waals surface area contributed by atoms with E-state index in [9.17, 15) is 0 Å². The maximum atomic E-state index is 8.60. The number of aromatic nitrogens is 1. The number of fused-ring (bicyclic) bond motifs is 1. The Kier molecular flexibility index (Phi) is 6.66. The second kappa shape index (κ2) is 7.79. The van der Waals surface area contributed by atoms with Gasteiger partial charge in [0.25, 0.3) is 0 Å². The van der Waals surface area contributed by atoms with Crippen molar-refractivity contribution < 1.29 is 38.2 Å². The molecule has 0 radical (unpaired) electrons. The number of halogens is 1. The molecule has 0 aliphatic heterocycles. The van der Waals surface area contributed by atoms with Crippen LogP contribution in [0.3, 0.4) is 0 Å². The number of pyridine rings is 1. The summed E-state index contributed by atoms with van der Waals surface area (Å²) in [5, 5.41) is 2.51. The van der Waals surface area contributed by atoms with Crippen LogP contribution >= 0.6 is 11.8 Å². The lowest BCUT2D eigenvalue weighted by Crippen LogP contribution is -2.58. The summed E-state index contributed by atoms with van der Waals surface area (Å²) in [6, 6.07) is 10.5. The van der Waals surface area contributed by atoms with Crippen LogP contribution in [0.25, 0.3) is 10.9 Å². The first-order valence-electron chi connectivity index (χ1n) is 5.98. The summed E-state index contributed by atoms with van der Waals surface area (Å²) in [6.07, 6.45) is 2.11. The third-order valence-electron chi connectivity index (χ3n) is 2.72. The lowest BCUT2D eigenvalue weighted by Gasteiger charge is -2.05. The first-order valence-corrected chi connectivity index (χ1v) is 8.46. The van der Waals surface area contributed by atoms with Crippen LogP contribution in [0.2, 0.25) is 0 Å². The molecule has 116 valence electrons. The largest absolute Gasteiger partial charge is 0.497 e. The zero-order valence-corrected chi connectivity index (χ0v) is 13.5. The monoisotopic (exact) mass is 334 g/mol. The number of hydrogen-bond donors (Lipinski definition) is 1. The van der Waals surface area contributed by atoms with Gasteiger partial charge in [-0.2, -0.15) is 18.5 Å². The van der Waals surface area contributed by atoms with Crippen LogP contribution in [-0.2, 0) is 6.54 Å². The number of ether oxygens (including phenoxy) is 1. The van der Waals surface area contributed by atoms with Crippen LogP contribution in [-0.4, -0.2) is 18.0 Å². The predicted octanol–water partition coefficient (Wildman–Crippen LogP) is -1.25. The highest BCUT2D eigenvalue weighted by Gasteiger charge is 2.13. The first kappa shape index (κ1) is 18.0. The number of rotatable bonds is 3. The molecule has 8 heteroatoms. The average Bonchev–Trinajstić information content (AvgIpc) is 2.43. The Morgan fingerprint density at radius 2 is 1.86 bits per heavy atom. The maximum absolute atomic E-state index is 8.60. The van der Waals surface area contributed by atoms with Gasteiger partial charge in [-0.05, 0) is 31.4 Å². The quantitative estimate of drug-likeness (QED) is 0.556. The van der Waals surface area contributed by atoms with Gasteiger partial charge >= 0.3 is 0 Å². The number of hydrogen-bond acceptors (Lipinski definition) is 6. The van der Waals surface area contributed by atoms with E-state index in [1.54, 1.807) is 18.9 Å². The Hall–Kier alpha value is -1.09. The third-order valence-corrected chi connectivity index (χ3v) is 3.50. The van der Waals surface area contributed by atoms with E-state index in [4.69, 9.17) is 23.4 Å². The van der Waals surface area contributed by atoms with Crippen molar-refractivity contribution in [3.63, 3.8) is 0 Å². The Bertz CT molecular complexity index is 597. The van der Waals surface area contributed by atoms with Gasteiger partial charge < -0.3 is 4.74 Å². The molecule has 0 saturated carbocycles. The summed E-state index contributed by atoms with van der Waals surface area (Å²) < 4.78 is 40.3. The molecule has 1 heterocycles. The van der Waals surface area contributed by atoms with Crippen molar-refractivity contribution in [3.8, 4) is 5.75 Å². The van der Waals surface area contributed by atoms with Gasteiger partial charge in [0.1, 0.15) is 12.3 Å². The van der Waals surface area contributed by atoms with Crippen molar-refractivity contribution in [1.29, 1.82) is 0 Å². The fraction of sp³-hybridized carbons (Fsp3) is 0.308. The van der Waals surface area contributed by atoms with E-state index in [1.807, 2.05) is 6.07 Å². The predicted molar refractivity (Wildman–Crippen MR) is 70.4 cm³/mol. The van der Waals surface area contributed by atoms with Gasteiger partial charge in [0.05, 0.1) is 27.4 Å². The fourth-order valence-electron chi connectivity index (χ4n) is 1.91. The smallest absolute Gasteiger partial charge is 0.240 e. The van der Waals surface area contributed by atoms with Crippen LogP contribution in [0.4, 0.5) is 0 Å². The van der Waals surface area contributed by atoms with Crippen LogP contribution < -0.4 is 23.3 Å². The number of nitrogens with zero attached hydrogens (tertiary/aromatic N) is 1. The Morgan fingerprint density at radius 3 is 2.33 bits per heavy atom. The van der Waals surface area contributed by atoms with Gasteiger partial charge in [-0.1, -0.05) is 11.8 Å². The summed E-state index contributed by atoms with van der Waals surface area (Å²) in [7, 11) is -2.99. The normalized spacial score (nSPS) is 11.0. The lowest BCUT2D eigenvalue weighted by molar-refractivity contribution is -1.92. The topological polar surface area (TPSA) is 103 Å². The van der Waals surface area contributed by atoms with E-state index in [1.165, 1.54) is 15.9 Å². The average molecular weight is 335 g/mol. The molecule has 0 amide bonds. The highest BCUT2D eigenvalue weighted by Crippen LogP contribution is 2.21. The number of thioether (sulfide) groups is 1. The van der Waals surface area contributed by atoms with E-state index in [2.05, 4.69) is 42.0 Å². The van der Waals surface area contributed by atoms with E-state index in [-0.39, 0.29) is 0 Å². The Labute approximate surface area is 129 Å². The minimum Gasteiger partial charge on any atom is -0.497 e. The van der Waals surface area contributed by atoms with Gasteiger partial charge in [0.2, 0.25) is 10.5 Å². The van der Waals surface area contributed by atoms with Crippen molar-refractivity contribution in [3.05, 3.63) is 30.3 Å². The van der Waals surface area contributed by atoms with Crippen LogP contribution in [0.5, 0.6) is 5.75 Å². The van der Waals surface area contributed by atoms with Crippen molar-refractivity contribution >= 4 is 22.7 Å². The maximum Gasteiger partial charge on any atom is 0.240 e. The minimum absolute atomic E-state index is 0.909. The standard InChI is InChI=1S/C13H16NOS.ClHO4/c1-4-14-12-7-6-11(15-2)9-10(12)5-8-13(14)16-3;2-1(3,4)5/h5-9H,4H2,1-3H3;(H,2,3,4,5)/q+1;. The molecule has 6 nitrogen and oxygen atoms in total. The van der Waals surface area contributed by atoms with E-state index in [0.717, 1.165) is 12.3 Å². The van der Waals surface area contributed by atoms with Crippen molar-refractivity contribution in [2.75, 3.05) is 13.4 Å². The zero-order chi connectivity index (χ0) is 16.0. The van der Waals surface area contributed by atoms with Gasteiger partial charge in [-0.15, -0.1) is 0 Å². The zero-order valence-electron chi connectivity index (χ0n) is 11.9. The second-order valence-corrected chi connectivity index (χ2v) is 5.56. The summed E-state index contributed by atoms with van der Waals surface area (Å²) >= 11 is 1.78. The SMILES string of the molecule is CC[n+]1c(SC)ccc2cc(OC)ccc21.[O-][Cl+3]([O-])([O-])O. The summed E-state index contributed by atoms with van der Waals surface area (Å²) in [5.41, 5.74) is 1.26. The summed E-state index contributed by atoms with van der Waals surface area (Å²) in [4.78, 5) is 0. The highest BCUT2D eigenvalue weighted by molar-refractivity contribution is 7.98. The molecule has 2 aromatic rings. The molecule has 1 aromatic heterocycles. The highest BCUT2D eigenvalue weighted by atomic mass is 35.7. The Balaban J connectivity index is 0.000000383. The molecule has 0 spiro atoms. The molecule has 1 aromatic carbocycles. The van der Waals surface area contributed by atoms with E-state index < -0.39 is 10.2 Å². The molecule has 21 heavy (non-hydrogen) atoms. The summed E-state index contributed by atoms with van der Waals surface area (Å²) in [6.45, 7) is 3.16. The molecular formula is C13H17ClNO5S+. The number of aryl methyl sites for hydroxylation is 1. The van der Waals surface area contributed by atoms with Crippen molar-refractivity contribution in [2.24, 2.45) is 0 Å². The third kappa shape index (κ3) is 5.66. The molecule has 1 N–H and O–H groups in total. The van der Waals surface area contributed by atoms with Gasteiger partial charge in [0.15, 0.2) is 0 Å². The van der Waals surface area contributed by atoms with Gasteiger partial charge in [-0.3, -0.25) is 0 Å². The fourth-order valence-corrected chi connectivity index (χ4v) is 2.57. The van der Waals surface area contributed by atoms with E-state index in [0.29, 0.717) is 0 Å². The molecule has 0 bridgehead atoms. The molecule has 0 unspecified atom stereocenters. The number of methoxy groups -OCH3 is 1. The van der Waals surface area contributed by atoms with Gasteiger partial charge in [-0.25, -0.2) is 0 Å². The van der Waals surface area contributed by atoms with Crippen LogP contribution in [0.15, 0.2) is 35.4 Å². The second-order valence-electron chi connectivity index (χ2n) is 3.94. The molecule has 0 fully saturated rings. The molecule has 0 aliphatic carbocycles. The Morgan fingerprint density at radius 1 is 1.24 bits per heavy atom. The molecular weight excluding hydrogens is 318 g/mol. The molecule has 2 rings (SSSR count). The molecule has 0 aliphatic rings. The minimum atomic E-state index is -4.69. The number of benzene rings is 1. The van der Waals surface area contributed by atoms with Crippen LogP contribution in [0.1, 0.15) is 6.92 Å². The first-order chi connectivity index (χ1) is 9.80. The van der Waals surface area contributed by atoms with Gasteiger partial charge in [0, 0.05) is 12.1 Å².